The maximum absolute atomic E-state index is 13.0. The van der Waals surface area contributed by atoms with E-state index in [4.69, 9.17) is 0 Å². The Bertz CT molecular complexity index is 499. The molecular weight excluding hydrogens is 205 g/mol. The number of nitrogens with zero attached hydrogens (tertiary/aromatic N) is 3. The number of para-hydroxylation sites is 1. The molecule has 0 unspecified atom stereocenters. The maximum Gasteiger partial charge on any atom is 0.218 e. The Morgan fingerprint density at radius 2 is 1.94 bits per heavy atom. The monoisotopic (exact) mass is 217 g/mol. The van der Waals surface area contributed by atoms with E-state index in [2.05, 4.69) is 9.97 Å². The lowest BCUT2D eigenvalue weighted by Gasteiger charge is -2.19. The zero-order valence-electron chi connectivity index (χ0n) is 9.18. The smallest absolute Gasteiger partial charge is 0.218 e. The van der Waals surface area contributed by atoms with Gasteiger partial charge in [-0.15, -0.1) is 0 Å². The molecule has 0 spiro atoms. The molecule has 1 heterocycles. The molecule has 0 aliphatic rings. The summed E-state index contributed by atoms with van der Waals surface area (Å²) in [6, 6.07) is 9.19. The summed E-state index contributed by atoms with van der Waals surface area (Å²) in [7, 11) is 1.85. The molecule has 0 fully saturated rings. The van der Waals surface area contributed by atoms with Gasteiger partial charge in [0.05, 0.1) is 0 Å². The van der Waals surface area contributed by atoms with E-state index in [-0.39, 0.29) is 0 Å². The summed E-state index contributed by atoms with van der Waals surface area (Å²) in [6.45, 7) is 2.00. The van der Waals surface area contributed by atoms with Crippen LogP contribution in [0.3, 0.4) is 0 Å². The minimum absolute atomic E-state index is 0.523. The van der Waals surface area contributed by atoms with Crippen LogP contribution in [0.4, 0.5) is 15.9 Å². The number of aryl methyl sites for hydroxylation is 1. The Morgan fingerprint density at radius 3 is 2.62 bits per heavy atom. The molecule has 0 atom stereocenters. The highest BCUT2D eigenvalue weighted by molar-refractivity contribution is 5.62. The summed E-state index contributed by atoms with van der Waals surface area (Å²) in [6.07, 6.45) is 1.22. The maximum atomic E-state index is 13.0. The Kier molecular flexibility index (Phi) is 2.81. The Morgan fingerprint density at radius 1 is 1.19 bits per heavy atom. The molecule has 2 aromatic rings. The van der Waals surface area contributed by atoms with Gasteiger partial charge in [-0.05, 0) is 18.6 Å². The van der Waals surface area contributed by atoms with Crippen LogP contribution in [0.1, 0.15) is 5.56 Å². The van der Waals surface area contributed by atoms with Gasteiger partial charge in [-0.2, -0.15) is 4.39 Å². The van der Waals surface area contributed by atoms with E-state index in [0.717, 1.165) is 11.3 Å². The van der Waals surface area contributed by atoms with Crippen molar-refractivity contribution >= 4 is 11.5 Å². The first-order chi connectivity index (χ1) is 7.68. The standard InChI is InChI=1S/C12H12FN3/c1-9-5-3-4-6-10(9)16(2)12-7-11(13)14-8-15-12/h3-8H,1-2H3. The highest BCUT2D eigenvalue weighted by atomic mass is 19.1. The lowest BCUT2D eigenvalue weighted by atomic mass is 10.2. The minimum Gasteiger partial charge on any atom is -0.329 e. The third-order valence-corrected chi connectivity index (χ3v) is 2.44. The van der Waals surface area contributed by atoms with E-state index in [1.807, 2.05) is 43.1 Å². The highest BCUT2D eigenvalue weighted by Gasteiger charge is 2.08. The lowest BCUT2D eigenvalue weighted by molar-refractivity contribution is 0.579. The molecule has 16 heavy (non-hydrogen) atoms. The minimum atomic E-state index is -0.523. The van der Waals surface area contributed by atoms with Gasteiger partial charge in [-0.3, -0.25) is 0 Å². The topological polar surface area (TPSA) is 29.0 Å². The van der Waals surface area contributed by atoms with Crippen molar-refractivity contribution in [2.75, 3.05) is 11.9 Å². The Labute approximate surface area is 93.6 Å². The van der Waals surface area contributed by atoms with Gasteiger partial charge in [-0.25, -0.2) is 9.97 Å². The van der Waals surface area contributed by atoms with Crippen LogP contribution < -0.4 is 4.90 Å². The van der Waals surface area contributed by atoms with Gasteiger partial charge in [0, 0.05) is 18.8 Å². The van der Waals surface area contributed by atoms with Gasteiger partial charge in [0.15, 0.2) is 0 Å². The molecule has 0 aliphatic heterocycles. The molecule has 0 N–H and O–H groups in total. The normalized spacial score (nSPS) is 10.2. The summed E-state index contributed by atoms with van der Waals surface area (Å²) >= 11 is 0. The molecular formula is C12H12FN3. The van der Waals surface area contributed by atoms with Crippen LogP contribution in [0, 0.1) is 12.9 Å². The fourth-order valence-corrected chi connectivity index (χ4v) is 1.57. The van der Waals surface area contributed by atoms with E-state index in [1.54, 1.807) is 0 Å². The number of aromatic nitrogens is 2. The zero-order chi connectivity index (χ0) is 11.5. The molecule has 4 heteroatoms. The third-order valence-electron chi connectivity index (χ3n) is 2.44. The van der Waals surface area contributed by atoms with E-state index >= 15 is 0 Å². The molecule has 0 saturated heterocycles. The summed E-state index contributed by atoms with van der Waals surface area (Å²) < 4.78 is 13.0. The van der Waals surface area contributed by atoms with Crippen molar-refractivity contribution < 1.29 is 4.39 Å². The summed E-state index contributed by atoms with van der Waals surface area (Å²) in [5, 5.41) is 0. The fourth-order valence-electron chi connectivity index (χ4n) is 1.57. The molecule has 3 nitrogen and oxygen atoms in total. The van der Waals surface area contributed by atoms with Crippen LogP contribution in [-0.4, -0.2) is 17.0 Å². The van der Waals surface area contributed by atoms with Crippen molar-refractivity contribution in [3.05, 3.63) is 48.2 Å². The van der Waals surface area contributed by atoms with E-state index in [0.29, 0.717) is 5.82 Å². The molecule has 82 valence electrons. The zero-order valence-corrected chi connectivity index (χ0v) is 9.18. The van der Waals surface area contributed by atoms with Crippen molar-refractivity contribution in [3.63, 3.8) is 0 Å². The first-order valence-electron chi connectivity index (χ1n) is 4.95. The van der Waals surface area contributed by atoms with Crippen molar-refractivity contribution in [2.45, 2.75) is 6.92 Å². The average Bonchev–Trinajstić information content (AvgIpc) is 2.29. The van der Waals surface area contributed by atoms with Gasteiger partial charge in [-0.1, -0.05) is 18.2 Å². The van der Waals surface area contributed by atoms with E-state index in [9.17, 15) is 4.39 Å². The molecule has 2 rings (SSSR count). The second-order valence-corrected chi connectivity index (χ2v) is 3.54. The average molecular weight is 217 g/mol. The Hall–Kier alpha value is -1.97. The molecule has 1 aromatic carbocycles. The largest absolute Gasteiger partial charge is 0.329 e. The first-order valence-corrected chi connectivity index (χ1v) is 4.95. The number of rotatable bonds is 2. The molecule has 0 radical (unpaired) electrons. The lowest BCUT2D eigenvalue weighted by Crippen LogP contribution is -2.12. The number of halogens is 1. The predicted molar refractivity (Wildman–Crippen MR) is 61.2 cm³/mol. The fraction of sp³-hybridized carbons (Fsp3) is 0.167. The molecule has 0 bridgehead atoms. The van der Waals surface area contributed by atoms with Gasteiger partial charge >= 0.3 is 0 Å². The molecule has 1 aromatic heterocycles. The van der Waals surface area contributed by atoms with Crippen molar-refractivity contribution in [2.24, 2.45) is 0 Å². The van der Waals surface area contributed by atoms with Crippen LogP contribution in [0.25, 0.3) is 0 Å². The summed E-state index contributed by atoms with van der Waals surface area (Å²) in [4.78, 5) is 9.30. The van der Waals surface area contributed by atoms with Crippen LogP contribution in [0.2, 0.25) is 0 Å². The summed E-state index contributed by atoms with van der Waals surface area (Å²) in [5.41, 5.74) is 2.12. The molecule has 0 aliphatic carbocycles. The first kappa shape index (κ1) is 10.5. The van der Waals surface area contributed by atoms with Crippen molar-refractivity contribution in [1.29, 1.82) is 0 Å². The second kappa shape index (κ2) is 4.26. The van der Waals surface area contributed by atoms with Crippen LogP contribution >= 0.6 is 0 Å². The van der Waals surface area contributed by atoms with Crippen LogP contribution in [0.15, 0.2) is 36.7 Å². The quantitative estimate of drug-likeness (QED) is 0.724. The van der Waals surface area contributed by atoms with Crippen LogP contribution in [0.5, 0.6) is 0 Å². The van der Waals surface area contributed by atoms with Gasteiger partial charge < -0.3 is 4.90 Å². The van der Waals surface area contributed by atoms with E-state index in [1.165, 1.54) is 12.4 Å². The van der Waals surface area contributed by atoms with Gasteiger partial charge in [0.2, 0.25) is 5.95 Å². The third kappa shape index (κ3) is 2.00. The van der Waals surface area contributed by atoms with Gasteiger partial charge in [0.1, 0.15) is 12.1 Å². The number of hydrogen-bond donors (Lipinski definition) is 0. The number of anilines is 2. The molecule has 0 amide bonds. The molecule has 0 saturated carbocycles. The number of hydrogen-bond acceptors (Lipinski definition) is 3. The Balaban J connectivity index is 2.39. The second-order valence-electron chi connectivity index (χ2n) is 3.54. The van der Waals surface area contributed by atoms with Crippen molar-refractivity contribution in [1.82, 2.24) is 9.97 Å². The van der Waals surface area contributed by atoms with E-state index < -0.39 is 5.95 Å². The predicted octanol–water partition coefficient (Wildman–Crippen LogP) is 2.69. The van der Waals surface area contributed by atoms with Crippen LogP contribution in [-0.2, 0) is 0 Å². The highest BCUT2D eigenvalue weighted by Crippen LogP contribution is 2.24. The van der Waals surface area contributed by atoms with Crippen molar-refractivity contribution in [3.8, 4) is 0 Å². The number of benzene rings is 1. The SMILES string of the molecule is Cc1ccccc1N(C)c1cc(F)ncn1. The summed E-state index contributed by atoms with van der Waals surface area (Å²) in [5.74, 6) is 0.0206. The van der Waals surface area contributed by atoms with Gasteiger partial charge in [0.25, 0.3) is 0 Å².